The summed E-state index contributed by atoms with van der Waals surface area (Å²) in [4.78, 5) is 0. The van der Waals surface area contributed by atoms with Gasteiger partial charge in [-0.3, -0.25) is 0 Å². The van der Waals surface area contributed by atoms with Gasteiger partial charge in [-0.2, -0.15) is 0 Å². The third kappa shape index (κ3) is 2.86. The van der Waals surface area contributed by atoms with E-state index in [0.29, 0.717) is 12.0 Å². The van der Waals surface area contributed by atoms with Gasteiger partial charge in [0.25, 0.3) is 0 Å². The molecule has 0 fully saturated rings. The Balaban J connectivity index is 0.00000144. The number of halogens is 2. The topological polar surface area (TPSA) is 46.2 Å². The van der Waals surface area contributed by atoms with E-state index in [-0.39, 0.29) is 30.0 Å². The van der Waals surface area contributed by atoms with E-state index in [1.807, 2.05) is 6.92 Å². The van der Waals surface area contributed by atoms with Gasteiger partial charge in [-0.05, 0) is 24.6 Å². The summed E-state index contributed by atoms with van der Waals surface area (Å²) in [5.41, 5.74) is 6.11. The van der Waals surface area contributed by atoms with E-state index < -0.39 is 0 Å². The second-order valence-corrected chi connectivity index (χ2v) is 2.72. The highest BCUT2D eigenvalue weighted by molar-refractivity contribution is 5.85. The molecule has 0 bridgehead atoms. The second-order valence-electron chi connectivity index (χ2n) is 2.72. The second kappa shape index (κ2) is 5.04. The minimum atomic E-state index is -0.369. The minimum Gasteiger partial charge on any atom is -0.508 e. The van der Waals surface area contributed by atoms with Crippen LogP contribution >= 0.6 is 12.4 Å². The molecule has 0 aliphatic heterocycles. The van der Waals surface area contributed by atoms with Crippen LogP contribution in [-0.2, 0) is 0 Å². The molecule has 0 aliphatic carbocycles. The molecular formula is C9H13ClFNO. The van der Waals surface area contributed by atoms with Crippen molar-refractivity contribution in [3.05, 3.63) is 29.6 Å². The Morgan fingerprint density at radius 2 is 2.15 bits per heavy atom. The largest absolute Gasteiger partial charge is 0.508 e. The van der Waals surface area contributed by atoms with Crippen molar-refractivity contribution in [3.63, 3.8) is 0 Å². The number of benzene rings is 1. The highest BCUT2D eigenvalue weighted by Gasteiger charge is 2.09. The van der Waals surface area contributed by atoms with E-state index in [9.17, 15) is 9.50 Å². The summed E-state index contributed by atoms with van der Waals surface area (Å²) < 4.78 is 12.7. The van der Waals surface area contributed by atoms with Crippen LogP contribution in [0.25, 0.3) is 0 Å². The zero-order valence-corrected chi connectivity index (χ0v) is 8.14. The maximum Gasteiger partial charge on any atom is 0.123 e. The van der Waals surface area contributed by atoms with Crippen LogP contribution in [0.1, 0.15) is 24.9 Å². The van der Waals surface area contributed by atoms with Crippen molar-refractivity contribution < 1.29 is 9.50 Å². The summed E-state index contributed by atoms with van der Waals surface area (Å²) in [5.74, 6) is -0.308. The first-order chi connectivity index (χ1) is 5.65. The fraction of sp³-hybridized carbons (Fsp3) is 0.333. The van der Waals surface area contributed by atoms with Gasteiger partial charge in [0, 0.05) is 11.6 Å². The highest BCUT2D eigenvalue weighted by atomic mass is 35.5. The van der Waals surface area contributed by atoms with Gasteiger partial charge in [0.05, 0.1) is 0 Å². The van der Waals surface area contributed by atoms with Crippen molar-refractivity contribution in [1.29, 1.82) is 0 Å². The monoisotopic (exact) mass is 205 g/mol. The molecule has 0 saturated carbocycles. The van der Waals surface area contributed by atoms with Crippen molar-refractivity contribution in [2.45, 2.75) is 19.4 Å². The first kappa shape index (κ1) is 12.2. The SMILES string of the molecule is CCC(N)c1cc(F)ccc1O.Cl. The summed E-state index contributed by atoms with van der Waals surface area (Å²) in [6.07, 6.45) is 0.678. The van der Waals surface area contributed by atoms with E-state index in [4.69, 9.17) is 5.73 Å². The van der Waals surface area contributed by atoms with E-state index in [1.165, 1.54) is 18.2 Å². The molecule has 0 heterocycles. The Labute approximate surface area is 83.0 Å². The molecule has 2 nitrogen and oxygen atoms in total. The molecule has 13 heavy (non-hydrogen) atoms. The van der Waals surface area contributed by atoms with E-state index in [0.717, 1.165) is 0 Å². The Bertz CT molecular complexity index is 280. The van der Waals surface area contributed by atoms with Gasteiger partial charge in [-0.1, -0.05) is 6.92 Å². The Morgan fingerprint density at radius 3 is 2.69 bits per heavy atom. The summed E-state index contributed by atoms with van der Waals surface area (Å²) in [7, 11) is 0. The molecule has 0 saturated heterocycles. The zero-order chi connectivity index (χ0) is 9.14. The van der Waals surface area contributed by atoms with Crippen LogP contribution in [0.5, 0.6) is 5.75 Å². The molecule has 4 heteroatoms. The predicted octanol–water partition coefficient (Wildman–Crippen LogP) is 2.36. The van der Waals surface area contributed by atoms with E-state index in [1.54, 1.807) is 0 Å². The Morgan fingerprint density at radius 1 is 1.54 bits per heavy atom. The van der Waals surface area contributed by atoms with Gasteiger partial charge < -0.3 is 10.8 Å². The van der Waals surface area contributed by atoms with Crippen molar-refractivity contribution >= 4 is 12.4 Å². The average Bonchev–Trinajstić information content (AvgIpc) is 2.08. The van der Waals surface area contributed by atoms with Crippen molar-refractivity contribution in [2.24, 2.45) is 5.73 Å². The molecule has 1 aromatic carbocycles. The van der Waals surface area contributed by atoms with Gasteiger partial charge in [0.1, 0.15) is 11.6 Å². The molecule has 0 aliphatic rings. The number of hydrogen-bond acceptors (Lipinski definition) is 2. The van der Waals surface area contributed by atoms with Gasteiger partial charge in [0.15, 0.2) is 0 Å². The molecule has 74 valence electrons. The van der Waals surface area contributed by atoms with Gasteiger partial charge in [-0.15, -0.1) is 12.4 Å². The third-order valence-electron chi connectivity index (χ3n) is 1.83. The van der Waals surface area contributed by atoms with Gasteiger partial charge >= 0.3 is 0 Å². The number of aromatic hydroxyl groups is 1. The molecule has 0 radical (unpaired) electrons. The van der Waals surface area contributed by atoms with Crippen molar-refractivity contribution in [3.8, 4) is 5.75 Å². The highest BCUT2D eigenvalue weighted by Crippen LogP contribution is 2.24. The molecule has 0 spiro atoms. The average molecular weight is 206 g/mol. The van der Waals surface area contributed by atoms with Gasteiger partial charge in [0.2, 0.25) is 0 Å². The minimum absolute atomic E-state index is 0. The lowest BCUT2D eigenvalue weighted by Crippen LogP contribution is -2.08. The molecule has 1 aromatic rings. The lowest BCUT2D eigenvalue weighted by Gasteiger charge is -2.10. The third-order valence-corrected chi connectivity index (χ3v) is 1.83. The normalized spacial score (nSPS) is 11.9. The summed E-state index contributed by atoms with van der Waals surface area (Å²) in [5, 5.41) is 9.29. The van der Waals surface area contributed by atoms with Crippen LogP contribution in [0.3, 0.4) is 0 Å². The lowest BCUT2D eigenvalue weighted by atomic mass is 10.0. The first-order valence-electron chi connectivity index (χ1n) is 3.89. The molecule has 1 unspecified atom stereocenters. The predicted molar refractivity (Wildman–Crippen MR) is 52.5 cm³/mol. The number of phenols is 1. The molecule has 3 N–H and O–H groups in total. The van der Waals surface area contributed by atoms with Crippen molar-refractivity contribution in [1.82, 2.24) is 0 Å². The number of rotatable bonds is 2. The standard InChI is InChI=1S/C9H12FNO.ClH/c1-2-8(11)7-5-6(10)3-4-9(7)12;/h3-5,8,12H,2,11H2,1H3;1H. The van der Waals surface area contributed by atoms with Crippen LogP contribution in [0.15, 0.2) is 18.2 Å². The number of nitrogens with two attached hydrogens (primary N) is 1. The van der Waals surface area contributed by atoms with Crippen LogP contribution in [0.4, 0.5) is 4.39 Å². The van der Waals surface area contributed by atoms with Crippen LogP contribution in [0.2, 0.25) is 0 Å². The Kier molecular flexibility index (Phi) is 4.73. The fourth-order valence-corrected chi connectivity index (χ4v) is 1.04. The molecule has 0 aromatic heterocycles. The number of hydrogen-bond donors (Lipinski definition) is 2. The number of phenolic OH excluding ortho intramolecular Hbond substituents is 1. The van der Waals surface area contributed by atoms with E-state index >= 15 is 0 Å². The first-order valence-corrected chi connectivity index (χ1v) is 3.89. The quantitative estimate of drug-likeness (QED) is 0.779. The maximum atomic E-state index is 12.7. The van der Waals surface area contributed by atoms with Crippen LogP contribution < -0.4 is 5.73 Å². The molecule has 1 atom stereocenters. The summed E-state index contributed by atoms with van der Waals surface area (Å²) >= 11 is 0. The lowest BCUT2D eigenvalue weighted by molar-refractivity contribution is 0.457. The van der Waals surface area contributed by atoms with E-state index in [2.05, 4.69) is 0 Å². The van der Waals surface area contributed by atoms with Crippen molar-refractivity contribution in [2.75, 3.05) is 0 Å². The zero-order valence-electron chi connectivity index (χ0n) is 7.33. The maximum absolute atomic E-state index is 12.7. The summed E-state index contributed by atoms with van der Waals surface area (Å²) in [6.45, 7) is 1.88. The molecule has 0 amide bonds. The van der Waals surface area contributed by atoms with Crippen LogP contribution in [-0.4, -0.2) is 5.11 Å². The molecular weight excluding hydrogens is 193 g/mol. The van der Waals surface area contributed by atoms with Gasteiger partial charge in [-0.25, -0.2) is 4.39 Å². The Hall–Kier alpha value is -0.800. The fourth-order valence-electron chi connectivity index (χ4n) is 1.04. The van der Waals surface area contributed by atoms with Crippen LogP contribution in [0, 0.1) is 5.82 Å². The smallest absolute Gasteiger partial charge is 0.123 e. The summed E-state index contributed by atoms with van der Waals surface area (Å²) in [6, 6.07) is 3.51. The molecule has 1 rings (SSSR count).